The quantitative estimate of drug-likeness (QED) is 0.619. The van der Waals surface area contributed by atoms with Crippen LogP contribution in [0.3, 0.4) is 0 Å². The number of rotatable bonds is 1. The molecule has 0 radical (unpaired) electrons. The van der Waals surface area contributed by atoms with Gasteiger partial charge in [-0.05, 0) is 38.0 Å². The fourth-order valence-corrected chi connectivity index (χ4v) is 4.48. The lowest BCUT2D eigenvalue weighted by Crippen LogP contribution is -2.31. The first-order chi connectivity index (χ1) is 11.6. The van der Waals surface area contributed by atoms with Gasteiger partial charge in [-0.1, -0.05) is 24.5 Å². The van der Waals surface area contributed by atoms with E-state index in [0.29, 0.717) is 15.8 Å². The first kappa shape index (κ1) is 15.4. The fourth-order valence-electron chi connectivity index (χ4n) is 3.34. The zero-order valence-electron chi connectivity index (χ0n) is 13.6. The Hall–Kier alpha value is -2.14. The molecule has 0 spiro atoms. The van der Waals surface area contributed by atoms with Gasteiger partial charge in [-0.15, -0.1) is 11.3 Å². The Bertz CT molecular complexity index is 977. The number of hydrogen-bond donors (Lipinski definition) is 0. The summed E-state index contributed by atoms with van der Waals surface area (Å²) in [5.74, 6) is 0.0401. The van der Waals surface area contributed by atoms with E-state index in [0.717, 1.165) is 41.6 Å². The van der Waals surface area contributed by atoms with Crippen LogP contribution in [0.15, 0.2) is 33.5 Å². The molecule has 0 N–H and O–H groups in total. The van der Waals surface area contributed by atoms with Gasteiger partial charge in [-0.3, -0.25) is 4.79 Å². The normalized spacial score (nSPS) is 15.8. The average molecular weight is 341 g/mol. The number of amides is 1. The van der Waals surface area contributed by atoms with Gasteiger partial charge in [0.15, 0.2) is 0 Å². The molecule has 1 aliphatic rings. The van der Waals surface area contributed by atoms with Gasteiger partial charge in [0.1, 0.15) is 5.58 Å². The van der Waals surface area contributed by atoms with Crippen LogP contribution in [0, 0.1) is 6.92 Å². The lowest BCUT2D eigenvalue weighted by Gasteiger charge is -2.19. The van der Waals surface area contributed by atoms with Crippen molar-refractivity contribution in [2.24, 2.45) is 0 Å². The lowest BCUT2D eigenvalue weighted by atomic mass is 10.1. The number of thiophene rings is 1. The molecule has 0 aliphatic carbocycles. The molecule has 0 atom stereocenters. The highest BCUT2D eigenvalue weighted by molar-refractivity contribution is 7.21. The van der Waals surface area contributed by atoms with Crippen molar-refractivity contribution in [1.29, 1.82) is 0 Å². The van der Waals surface area contributed by atoms with E-state index >= 15 is 0 Å². The summed E-state index contributed by atoms with van der Waals surface area (Å²) in [6.45, 7) is 3.62. The van der Waals surface area contributed by atoms with Crippen LogP contribution in [-0.4, -0.2) is 23.9 Å². The molecule has 124 valence electrons. The molecule has 3 heterocycles. The summed E-state index contributed by atoms with van der Waals surface area (Å²) in [5, 5.41) is 1.42. The van der Waals surface area contributed by atoms with Crippen LogP contribution in [0.2, 0.25) is 0 Å². The second kappa shape index (κ2) is 6.06. The van der Waals surface area contributed by atoms with Crippen molar-refractivity contribution < 1.29 is 9.21 Å². The van der Waals surface area contributed by atoms with Crippen molar-refractivity contribution in [2.75, 3.05) is 13.1 Å². The van der Waals surface area contributed by atoms with E-state index < -0.39 is 0 Å². The standard InChI is InChI=1S/C19H19NO3S/c1-12-6-7-15-13(10-12)17-14(19(22)23-15)11-16(24-17)18(21)20-8-4-2-3-5-9-20/h6-7,10-11H,2-5,8-9H2,1H3. The third-order valence-corrected chi connectivity index (χ3v) is 5.79. The highest BCUT2D eigenvalue weighted by atomic mass is 32.1. The molecule has 4 rings (SSSR count). The van der Waals surface area contributed by atoms with Gasteiger partial charge in [0, 0.05) is 18.5 Å². The topological polar surface area (TPSA) is 50.5 Å². The maximum atomic E-state index is 12.8. The van der Waals surface area contributed by atoms with Crippen molar-refractivity contribution in [3.63, 3.8) is 0 Å². The van der Waals surface area contributed by atoms with Crippen molar-refractivity contribution in [3.8, 4) is 0 Å². The third kappa shape index (κ3) is 2.63. The maximum Gasteiger partial charge on any atom is 0.345 e. The third-order valence-electron chi connectivity index (χ3n) is 4.64. The number of benzene rings is 1. The summed E-state index contributed by atoms with van der Waals surface area (Å²) in [6.07, 6.45) is 4.48. The Morgan fingerprint density at radius 3 is 2.58 bits per heavy atom. The van der Waals surface area contributed by atoms with Gasteiger partial charge in [-0.25, -0.2) is 4.79 Å². The molecule has 1 fully saturated rings. The molecular formula is C19H19NO3S. The Kier molecular flexibility index (Phi) is 3.88. The molecule has 1 saturated heterocycles. The largest absolute Gasteiger partial charge is 0.422 e. The van der Waals surface area contributed by atoms with Gasteiger partial charge < -0.3 is 9.32 Å². The van der Waals surface area contributed by atoms with E-state index in [-0.39, 0.29) is 11.5 Å². The first-order valence-electron chi connectivity index (χ1n) is 8.40. The number of carbonyl (C=O) groups excluding carboxylic acids is 1. The molecule has 1 aliphatic heterocycles. The van der Waals surface area contributed by atoms with Crippen LogP contribution in [0.4, 0.5) is 0 Å². The smallest absolute Gasteiger partial charge is 0.345 e. The van der Waals surface area contributed by atoms with E-state index in [1.165, 1.54) is 24.2 Å². The molecule has 5 heteroatoms. The Morgan fingerprint density at radius 1 is 1.08 bits per heavy atom. The van der Waals surface area contributed by atoms with Crippen molar-refractivity contribution in [1.82, 2.24) is 4.90 Å². The van der Waals surface area contributed by atoms with Crippen LogP contribution in [0.1, 0.15) is 40.9 Å². The highest BCUT2D eigenvalue weighted by Gasteiger charge is 2.21. The summed E-state index contributed by atoms with van der Waals surface area (Å²) in [7, 11) is 0. The summed E-state index contributed by atoms with van der Waals surface area (Å²) < 4.78 is 6.26. The van der Waals surface area contributed by atoms with E-state index in [2.05, 4.69) is 0 Å². The van der Waals surface area contributed by atoms with Crippen LogP contribution < -0.4 is 5.63 Å². The van der Waals surface area contributed by atoms with Gasteiger partial charge in [-0.2, -0.15) is 0 Å². The summed E-state index contributed by atoms with van der Waals surface area (Å²) in [6, 6.07) is 7.47. The molecule has 0 bridgehead atoms. The molecule has 2 aromatic heterocycles. The fraction of sp³-hybridized carbons (Fsp3) is 0.368. The van der Waals surface area contributed by atoms with Crippen LogP contribution in [0.25, 0.3) is 21.1 Å². The van der Waals surface area contributed by atoms with E-state index in [1.54, 1.807) is 6.07 Å². The molecular weight excluding hydrogens is 322 g/mol. The summed E-state index contributed by atoms with van der Waals surface area (Å²) in [5.41, 5.74) is 1.31. The highest BCUT2D eigenvalue weighted by Crippen LogP contribution is 2.32. The minimum atomic E-state index is -0.368. The molecule has 3 aromatic rings. The molecule has 24 heavy (non-hydrogen) atoms. The first-order valence-corrected chi connectivity index (χ1v) is 9.21. The van der Waals surface area contributed by atoms with Gasteiger partial charge in [0.05, 0.1) is 15.0 Å². The number of likely N-dealkylation sites (tertiary alicyclic amines) is 1. The predicted molar refractivity (Wildman–Crippen MR) is 97.0 cm³/mol. The zero-order valence-corrected chi connectivity index (χ0v) is 14.4. The summed E-state index contributed by atoms with van der Waals surface area (Å²) in [4.78, 5) is 27.7. The zero-order chi connectivity index (χ0) is 16.7. The van der Waals surface area contributed by atoms with E-state index in [9.17, 15) is 9.59 Å². The molecule has 4 nitrogen and oxygen atoms in total. The van der Waals surface area contributed by atoms with E-state index in [4.69, 9.17) is 4.42 Å². The second-order valence-corrected chi connectivity index (χ2v) is 7.50. The number of carbonyl (C=O) groups is 1. The minimum absolute atomic E-state index is 0.0401. The van der Waals surface area contributed by atoms with Crippen LogP contribution in [-0.2, 0) is 0 Å². The maximum absolute atomic E-state index is 12.8. The lowest BCUT2D eigenvalue weighted by molar-refractivity contribution is 0.0766. The molecule has 0 saturated carbocycles. The summed E-state index contributed by atoms with van der Waals surface area (Å²) >= 11 is 1.41. The van der Waals surface area contributed by atoms with Crippen LogP contribution in [0.5, 0.6) is 0 Å². The van der Waals surface area contributed by atoms with E-state index in [1.807, 2.05) is 30.0 Å². The van der Waals surface area contributed by atoms with Gasteiger partial charge in [0.25, 0.3) is 5.91 Å². The number of aryl methyl sites for hydroxylation is 1. The SMILES string of the molecule is Cc1ccc2oc(=O)c3cc(C(=O)N4CCCCCC4)sc3c2c1. The Balaban J connectivity index is 1.84. The molecule has 1 amide bonds. The molecule has 0 unspecified atom stereocenters. The average Bonchev–Trinajstić information content (AvgIpc) is 2.85. The minimum Gasteiger partial charge on any atom is -0.422 e. The number of fused-ring (bicyclic) bond motifs is 3. The second-order valence-electron chi connectivity index (χ2n) is 6.45. The van der Waals surface area contributed by atoms with Crippen LogP contribution >= 0.6 is 11.3 Å². The van der Waals surface area contributed by atoms with Gasteiger partial charge >= 0.3 is 5.63 Å². The number of nitrogens with zero attached hydrogens (tertiary/aromatic N) is 1. The monoisotopic (exact) mass is 341 g/mol. The molecule has 1 aromatic carbocycles. The van der Waals surface area contributed by atoms with Gasteiger partial charge in [0.2, 0.25) is 0 Å². The predicted octanol–water partition coefficient (Wildman–Crippen LogP) is 4.33. The Morgan fingerprint density at radius 2 is 1.83 bits per heavy atom. The number of hydrogen-bond acceptors (Lipinski definition) is 4. The Labute approximate surface area is 143 Å². The van der Waals surface area contributed by atoms with Crippen molar-refractivity contribution >= 4 is 38.3 Å². The van der Waals surface area contributed by atoms with Crippen molar-refractivity contribution in [3.05, 3.63) is 45.1 Å². The van der Waals surface area contributed by atoms with Crippen molar-refractivity contribution in [2.45, 2.75) is 32.6 Å².